The molecule has 1 aromatic carbocycles. The van der Waals surface area contributed by atoms with E-state index in [4.69, 9.17) is 0 Å². The van der Waals surface area contributed by atoms with Crippen molar-refractivity contribution in [2.24, 2.45) is 0 Å². The van der Waals surface area contributed by atoms with E-state index in [0.29, 0.717) is 25.6 Å². The van der Waals surface area contributed by atoms with Crippen molar-refractivity contribution in [1.82, 2.24) is 15.5 Å². The Morgan fingerprint density at radius 3 is 2.73 bits per heavy atom. The molecule has 0 unspecified atom stereocenters. The van der Waals surface area contributed by atoms with Crippen molar-refractivity contribution in [3.8, 4) is 0 Å². The first-order valence-electron chi connectivity index (χ1n) is 7.95. The molecule has 2 amide bonds. The summed E-state index contributed by atoms with van der Waals surface area (Å²) >= 11 is 0. The molecule has 120 valence electrons. The van der Waals surface area contributed by atoms with Gasteiger partial charge in [-0.15, -0.1) is 0 Å². The van der Waals surface area contributed by atoms with Gasteiger partial charge in [0.05, 0.1) is 12.6 Å². The predicted octanol–water partition coefficient (Wildman–Crippen LogP) is 1.12. The summed E-state index contributed by atoms with van der Waals surface area (Å²) in [6.07, 6.45) is 0.977. The van der Waals surface area contributed by atoms with Crippen LogP contribution < -0.4 is 10.6 Å². The molecule has 5 nitrogen and oxygen atoms in total. The number of nitrogens with one attached hydrogen (secondary N) is 2. The fraction of sp³-hybridized carbons (Fsp3) is 0.529. The Morgan fingerprint density at radius 1 is 1.36 bits per heavy atom. The Balaban J connectivity index is 1.87. The second-order valence-corrected chi connectivity index (χ2v) is 5.76. The van der Waals surface area contributed by atoms with Gasteiger partial charge < -0.3 is 10.6 Å². The van der Waals surface area contributed by atoms with Gasteiger partial charge in [0, 0.05) is 25.6 Å². The lowest BCUT2D eigenvalue weighted by Crippen LogP contribution is -2.55. The number of hydrogen-bond donors (Lipinski definition) is 2. The van der Waals surface area contributed by atoms with E-state index in [2.05, 4.69) is 29.7 Å². The Labute approximate surface area is 132 Å². The number of nitrogens with zero attached hydrogens (tertiary/aromatic N) is 1. The van der Waals surface area contributed by atoms with Gasteiger partial charge in [-0.1, -0.05) is 37.3 Å². The van der Waals surface area contributed by atoms with Crippen LogP contribution in [0.3, 0.4) is 0 Å². The molecule has 0 saturated carbocycles. The molecule has 1 fully saturated rings. The summed E-state index contributed by atoms with van der Waals surface area (Å²) in [4.78, 5) is 25.6. The summed E-state index contributed by atoms with van der Waals surface area (Å²) in [6, 6.07) is 9.96. The Bertz CT molecular complexity index is 504. The normalized spacial score (nSPS) is 18.4. The minimum Gasteiger partial charge on any atom is -0.354 e. The van der Waals surface area contributed by atoms with Crippen LogP contribution in [0.15, 0.2) is 30.3 Å². The third-order valence-electron chi connectivity index (χ3n) is 4.28. The molecule has 2 rings (SSSR count). The number of piperazine rings is 1. The van der Waals surface area contributed by atoms with E-state index < -0.39 is 0 Å². The van der Waals surface area contributed by atoms with Crippen molar-refractivity contribution in [2.45, 2.75) is 32.2 Å². The van der Waals surface area contributed by atoms with Crippen LogP contribution in [0, 0.1) is 0 Å². The first-order chi connectivity index (χ1) is 10.6. The summed E-state index contributed by atoms with van der Waals surface area (Å²) < 4.78 is 0. The minimum atomic E-state index is -0.278. The molecule has 5 heteroatoms. The largest absolute Gasteiger partial charge is 0.354 e. The van der Waals surface area contributed by atoms with Crippen molar-refractivity contribution >= 4 is 11.8 Å². The maximum absolute atomic E-state index is 12.3. The standard InChI is InChI=1S/C17H25N3O2/c1-3-14(15-7-5-4-6-8-15)11-19-17(22)13(2)20-10-9-18-16(21)12-20/h4-8,13-14H,3,9-12H2,1-2H3,(H,18,21)(H,19,22)/t13-,14-/m1/s1. The molecule has 1 aliphatic heterocycles. The fourth-order valence-electron chi connectivity index (χ4n) is 2.75. The van der Waals surface area contributed by atoms with Crippen LogP contribution in [0.4, 0.5) is 0 Å². The van der Waals surface area contributed by atoms with Gasteiger partial charge in [-0.3, -0.25) is 14.5 Å². The monoisotopic (exact) mass is 303 g/mol. The van der Waals surface area contributed by atoms with Gasteiger partial charge in [0.25, 0.3) is 0 Å². The molecule has 0 aliphatic carbocycles. The molecular formula is C17H25N3O2. The van der Waals surface area contributed by atoms with Gasteiger partial charge >= 0.3 is 0 Å². The molecule has 0 radical (unpaired) electrons. The van der Waals surface area contributed by atoms with Crippen LogP contribution in [0.2, 0.25) is 0 Å². The van der Waals surface area contributed by atoms with Crippen LogP contribution >= 0.6 is 0 Å². The van der Waals surface area contributed by atoms with E-state index in [9.17, 15) is 9.59 Å². The van der Waals surface area contributed by atoms with Crippen molar-refractivity contribution < 1.29 is 9.59 Å². The third kappa shape index (κ3) is 4.31. The summed E-state index contributed by atoms with van der Waals surface area (Å²) in [5.41, 5.74) is 1.25. The predicted molar refractivity (Wildman–Crippen MR) is 86.5 cm³/mol. The highest BCUT2D eigenvalue weighted by Gasteiger charge is 2.26. The quantitative estimate of drug-likeness (QED) is 0.828. The first kappa shape index (κ1) is 16.5. The SMILES string of the molecule is CC[C@H](CNC(=O)[C@@H](C)N1CCNC(=O)C1)c1ccccc1. The molecule has 22 heavy (non-hydrogen) atoms. The molecule has 1 aliphatic rings. The zero-order valence-electron chi connectivity index (χ0n) is 13.3. The Hall–Kier alpha value is -1.88. The minimum absolute atomic E-state index is 0.0101. The second-order valence-electron chi connectivity index (χ2n) is 5.76. The molecule has 0 spiro atoms. The lowest BCUT2D eigenvalue weighted by atomic mass is 9.96. The summed E-state index contributed by atoms with van der Waals surface area (Å²) in [5.74, 6) is 0.299. The fourth-order valence-corrected chi connectivity index (χ4v) is 2.75. The van der Waals surface area contributed by atoms with Crippen LogP contribution in [0.5, 0.6) is 0 Å². The van der Waals surface area contributed by atoms with E-state index in [-0.39, 0.29) is 17.9 Å². The zero-order chi connectivity index (χ0) is 15.9. The number of amides is 2. The number of benzene rings is 1. The lowest BCUT2D eigenvalue weighted by Gasteiger charge is -2.31. The molecule has 0 aromatic heterocycles. The highest BCUT2D eigenvalue weighted by Crippen LogP contribution is 2.18. The molecule has 1 aromatic rings. The summed E-state index contributed by atoms with van der Waals surface area (Å²) in [7, 11) is 0. The van der Waals surface area contributed by atoms with Gasteiger partial charge in [0.15, 0.2) is 0 Å². The number of carbonyl (C=O) groups excluding carboxylic acids is 2. The van der Waals surface area contributed by atoms with Gasteiger partial charge in [-0.05, 0) is 18.9 Å². The van der Waals surface area contributed by atoms with Gasteiger partial charge in [-0.25, -0.2) is 0 Å². The lowest BCUT2D eigenvalue weighted by molar-refractivity contribution is -0.130. The van der Waals surface area contributed by atoms with Gasteiger partial charge in [0.2, 0.25) is 11.8 Å². The van der Waals surface area contributed by atoms with E-state index in [1.807, 2.05) is 30.0 Å². The van der Waals surface area contributed by atoms with Gasteiger partial charge in [-0.2, -0.15) is 0 Å². The van der Waals surface area contributed by atoms with Crippen molar-refractivity contribution in [1.29, 1.82) is 0 Å². The molecule has 2 atom stereocenters. The van der Waals surface area contributed by atoms with Crippen LogP contribution in [-0.4, -0.2) is 48.9 Å². The number of carbonyl (C=O) groups is 2. The molecule has 0 bridgehead atoms. The van der Waals surface area contributed by atoms with Crippen LogP contribution in [0.1, 0.15) is 31.7 Å². The average Bonchev–Trinajstić information content (AvgIpc) is 2.55. The molecule has 1 heterocycles. The average molecular weight is 303 g/mol. The topological polar surface area (TPSA) is 61.4 Å². The third-order valence-corrected chi connectivity index (χ3v) is 4.28. The maximum atomic E-state index is 12.3. The first-order valence-corrected chi connectivity index (χ1v) is 7.95. The van der Waals surface area contributed by atoms with Crippen molar-refractivity contribution in [3.05, 3.63) is 35.9 Å². The van der Waals surface area contributed by atoms with Crippen LogP contribution in [0.25, 0.3) is 0 Å². The maximum Gasteiger partial charge on any atom is 0.237 e. The van der Waals surface area contributed by atoms with Crippen molar-refractivity contribution in [2.75, 3.05) is 26.2 Å². The van der Waals surface area contributed by atoms with E-state index in [1.165, 1.54) is 5.56 Å². The Kier molecular flexibility index (Phi) is 5.95. The zero-order valence-corrected chi connectivity index (χ0v) is 13.3. The highest BCUT2D eigenvalue weighted by molar-refractivity contribution is 5.83. The summed E-state index contributed by atoms with van der Waals surface area (Å²) in [5, 5.41) is 5.81. The Morgan fingerprint density at radius 2 is 2.09 bits per heavy atom. The van der Waals surface area contributed by atoms with E-state index in [1.54, 1.807) is 0 Å². The second kappa shape index (κ2) is 7.94. The summed E-state index contributed by atoms with van der Waals surface area (Å²) in [6.45, 7) is 6.24. The van der Waals surface area contributed by atoms with E-state index in [0.717, 1.165) is 13.0 Å². The number of rotatable bonds is 6. The van der Waals surface area contributed by atoms with E-state index >= 15 is 0 Å². The number of hydrogen-bond acceptors (Lipinski definition) is 3. The molecule has 1 saturated heterocycles. The van der Waals surface area contributed by atoms with Crippen LogP contribution in [-0.2, 0) is 9.59 Å². The molecular weight excluding hydrogens is 278 g/mol. The smallest absolute Gasteiger partial charge is 0.237 e. The molecule has 2 N–H and O–H groups in total. The van der Waals surface area contributed by atoms with Crippen molar-refractivity contribution in [3.63, 3.8) is 0 Å². The highest BCUT2D eigenvalue weighted by atomic mass is 16.2. The van der Waals surface area contributed by atoms with Gasteiger partial charge in [0.1, 0.15) is 0 Å².